The molecule has 0 saturated heterocycles. The van der Waals surface area contributed by atoms with Gasteiger partial charge in [0, 0.05) is 36.1 Å². The van der Waals surface area contributed by atoms with E-state index in [9.17, 15) is 5.26 Å². The smallest absolute Gasteiger partial charge is 0.226 e. The lowest BCUT2D eigenvalue weighted by molar-refractivity contribution is -0.636. The Hall–Kier alpha value is -4.10. The van der Waals surface area contributed by atoms with Crippen molar-refractivity contribution in [1.29, 1.82) is 5.26 Å². The third-order valence-corrected chi connectivity index (χ3v) is 5.97. The lowest BCUT2D eigenvalue weighted by atomic mass is 10.0. The molecule has 2 heterocycles. The molecule has 0 unspecified atom stereocenters. The first-order valence-corrected chi connectivity index (χ1v) is 10.3. The Kier molecular flexibility index (Phi) is 4.45. The second-order valence-corrected chi connectivity index (χ2v) is 7.85. The molecule has 2 aromatic heterocycles. The Bertz CT molecular complexity index is 1530. The van der Waals surface area contributed by atoms with Gasteiger partial charge in [0.1, 0.15) is 5.52 Å². The highest BCUT2D eigenvalue weighted by molar-refractivity contribution is 5.78. The number of rotatable bonds is 2. The maximum Gasteiger partial charge on any atom is 0.331 e. The van der Waals surface area contributed by atoms with E-state index < -0.39 is 0 Å². The van der Waals surface area contributed by atoms with E-state index in [1.54, 1.807) is 0 Å². The molecule has 0 aliphatic rings. The highest BCUT2D eigenvalue weighted by Gasteiger charge is 2.26. The number of hydrogen-bond donors (Lipinski definition) is 0. The fourth-order valence-corrected chi connectivity index (χ4v) is 4.34. The minimum absolute atomic E-state index is 0.616. The Morgan fingerprint density at radius 1 is 0.839 bits per heavy atom. The number of aryl methyl sites for hydroxylation is 2. The predicted molar refractivity (Wildman–Crippen MR) is 122 cm³/mol. The first-order valence-electron chi connectivity index (χ1n) is 10.3. The van der Waals surface area contributed by atoms with Crippen LogP contribution in [-0.2, 0) is 7.05 Å². The Morgan fingerprint density at radius 3 is 2.32 bits per heavy atom. The van der Waals surface area contributed by atoms with Crippen LogP contribution in [0.2, 0.25) is 0 Å². The number of para-hydroxylation sites is 2. The topological polar surface area (TPSA) is 44.4 Å². The van der Waals surface area contributed by atoms with E-state index in [1.807, 2.05) is 49.6 Å². The fraction of sp³-hybridized carbons (Fsp3) is 0.111. The van der Waals surface area contributed by atoms with Crippen molar-refractivity contribution < 1.29 is 9.13 Å². The molecule has 0 saturated carbocycles. The minimum Gasteiger partial charge on any atom is -0.226 e. The average Bonchev–Trinajstić information content (AvgIpc) is 2.80. The van der Waals surface area contributed by atoms with Crippen LogP contribution in [-0.4, -0.2) is 4.98 Å². The molecular formula is C27H22N4+2. The highest BCUT2D eigenvalue weighted by Crippen LogP contribution is 2.27. The summed E-state index contributed by atoms with van der Waals surface area (Å²) in [6.45, 7) is 4.20. The van der Waals surface area contributed by atoms with Gasteiger partial charge in [-0.15, -0.1) is 0 Å². The summed E-state index contributed by atoms with van der Waals surface area (Å²) < 4.78 is 4.33. The summed E-state index contributed by atoms with van der Waals surface area (Å²) in [6, 6.07) is 27.0. The van der Waals surface area contributed by atoms with E-state index in [0.717, 1.165) is 50.1 Å². The zero-order chi connectivity index (χ0) is 21.5. The van der Waals surface area contributed by atoms with Crippen molar-refractivity contribution >= 4 is 21.8 Å². The largest absolute Gasteiger partial charge is 0.331 e. The molecule has 4 nitrogen and oxygen atoms in total. The molecule has 4 heteroatoms. The first kappa shape index (κ1) is 18.9. The van der Waals surface area contributed by atoms with Gasteiger partial charge in [-0.2, -0.15) is 9.83 Å². The van der Waals surface area contributed by atoms with Crippen LogP contribution in [0.5, 0.6) is 0 Å². The Balaban J connectivity index is 1.85. The van der Waals surface area contributed by atoms with Crippen molar-refractivity contribution in [3.05, 3.63) is 95.8 Å². The predicted octanol–water partition coefficient (Wildman–Crippen LogP) is 4.64. The van der Waals surface area contributed by atoms with Crippen molar-refractivity contribution in [2.45, 2.75) is 13.8 Å². The monoisotopic (exact) mass is 402 g/mol. The van der Waals surface area contributed by atoms with E-state index in [2.05, 4.69) is 65.4 Å². The van der Waals surface area contributed by atoms with E-state index in [4.69, 9.17) is 4.98 Å². The molecule has 3 aromatic carbocycles. The van der Waals surface area contributed by atoms with Crippen LogP contribution in [0.3, 0.4) is 0 Å². The Labute approximate surface area is 181 Å². The summed E-state index contributed by atoms with van der Waals surface area (Å²) in [5.74, 6) is 0.841. The van der Waals surface area contributed by atoms with Gasteiger partial charge in [-0.1, -0.05) is 24.3 Å². The molecule has 0 atom stereocenters. The van der Waals surface area contributed by atoms with Gasteiger partial charge in [-0.25, -0.2) is 4.57 Å². The molecule has 0 fully saturated rings. The van der Waals surface area contributed by atoms with Gasteiger partial charge in [0.15, 0.2) is 11.9 Å². The van der Waals surface area contributed by atoms with Crippen molar-refractivity contribution in [3.63, 3.8) is 0 Å². The van der Waals surface area contributed by atoms with E-state index in [-0.39, 0.29) is 0 Å². The molecule has 0 N–H and O–H groups in total. The van der Waals surface area contributed by atoms with Gasteiger partial charge < -0.3 is 0 Å². The number of benzene rings is 3. The lowest BCUT2D eigenvalue weighted by Crippen LogP contribution is -2.37. The number of pyridine rings is 1. The number of fused-ring (bicyclic) bond motifs is 2. The molecule has 0 bridgehead atoms. The summed E-state index contributed by atoms with van der Waals surface area (Å²) in [4.78, 5) is 4.78. The summed E-state index contributed by atoms with van der Waals surface area (Å²) in [7, 11) is 2.03. The minimum atomic E-state index is 0.616. The molecule has 0 amide bonds. The third-order valence-electron chi connectivity index (χ3n) is 5.97. The molecular weight excluding hydrogens is 380 g/mol. The number of hydrogen-bond acceptors (Lipinski definition) is 2. The SMILES string of the molecule is Cc1c(-c2ncc3ccccc3[n+]2C)cc(C#N)cc1-[n+]1c(C)ccc2ccccc21. The van der Waals surface area contributed by atoms with Gasteiger partial charge in [0.2, 0.25) is 11.2 Å². The van der Waals surface area contributed by atoms with Crippen LogP contribution in [0.25, 0.3) is 38.9 Å². The first-order chi connectivity index (χ1) is 15.1. The second kappa shape index (κ2) is 7.30. The van der Waals surface area contributed by atoms with E-state index in [0.29, 0.717) is 5.56 Å². The van der Waals surface area contributed by atoms with Gasteiger partial charge in [0.05, 0.1) is 29.6 Å². The summed E-state index contributed by atoms with van der Waals surface area (Å²) >= 11 is 0. The Morgan fingerprint density at radius 2 is 1.55 bits per heavy atom. The quantitative estimate of drug-likeness (QED) is 0.404. The third kappa shape index (κ3) is 3.03. The van der Waals surface area contributed by atoms with Crippen LogP contribution >= 0.6 is 0 Å². The molecule has 5 aromatic rings. The standard InChI is InChI=1S/C27H22N4/c1-18-12-13-21-8-4-7-11-25(21)31(18)26-15-20(16-28)14-23(19(26)2)27-29-17-22-9-5-6-10-24(22)30(27)3/h4-15,17H,1-3H3/q+2. The molecule has 0 radical (unpaired) electrons. The van der Waals surface area contributed by atoms with E-state index in [1.165, 1.54) is 0 Å². The van der Waals surface area contributed by atoms with Crippen LogP contribution < -0.4 is 9.13 Å². The van der Waals surface area contributed by atoms with Crippen LogP contribution in [0.15, 0.2) is 79.0 Å². The lowest BCUT2D eigenvalue weighted by Gasteiger charge is -2.10. The van der Waals surface area contributed by atoms with Crippen molar-refractivity contribution in [1.82, 2.24) is 4.98 Å². The zero-order valence-electron chi connectivity index (χ0n) is 17.8. The molecule has 148 valence electrons. The molecule has 31 heavy (non-hydrogen) atoms. The number of nitrogens with zero attached hydrogens (tertiary/aromatic N) is 4. The normalized spacial score (nSPS) is 11.0. The fourth-order valence-electron chi connectivity index (χ4n) is 4.34. The van der Waals surface area contributed by atoms with Crippen LogP contribution in [0.1, 0.15) is 16.8 Å². The molecule has 0 aliphatic carbocycles. The summed E-state index contributed by atoms with van der Waals surface area (Å²) in [5, 5.41) is 12.1. The number of aromatic nitrogens is 3. The van der Waals surface area contributed by atoms with Crippen molar-refractivity contribution in [2.24, 2.45) is 7.05 Å². The van der Waals surface area contributed by atoms with Crippen LogP contribution in [0.4, 0.5) is 0 Å². The van der Waals surface area contributed by atoms with Gasteiger partial charge in [0.25, 0.3) is 0 Å². The highest BCUT2D eigenvalue weighted by atomic mass is 15.0. The maximum atomic E-state index is 9.81. The second-order valence-electron chi connectivity index (χ2n) is 7.85. The van der Waals surface area contributed by atoms with Gasteiger partial charge in [-0.3, -0.25) is 0 Å². The summed E-state index contributed by atoms with van der Waals surface area (Å²) in [5.41, 5.74) is 6.98. The molecule has 0 spiro atoms. The molecule has 5 rings (SSSR count). The molecule has 0 aliphatic heterocycles. The van der Waals surface area contributed by atoms with Crippen molar-refractivity contribution in [3.8, 4) is 23.1 Å². The zero-order valence-corrected chi connectivity index (χ0v) is 17.8. The van der Waals surface area contributed by atoms with Gasteiger partial charge >= 0.3 is 5.82 Å². The summed E-state index contributed by atoms with van der Waals surface area (Å²) in [6.07, 6.45) is 1.90. The number of nitriles is 1. The maximum absolute atomic E-state index is 9.81. The van der Waals surface area contributed by atoms with E-state index >= 15 is 0 Å². The van der Waals surface area contributed by atoms with Crippen molar-refractivity contribution in [2.75, 3.05) is 0 Å². The van der Waals surface area contributed by atoms with Crippen LogP contribution in [0, 0.1) is 25.2 Å². The van der Waals surface area contributed by atoms with Gasteiger partial charge in [-0.05, 0) is 42.2 Å². The average molecular weight is 403 g/mol.